The number of hydrogen-bond acceptors (Lipinski definition) is 6. The second-order valence-corrected chi connectivity index (χ2v) is 8.80. The van der Waals surface area contributed by atoms with Crippen molar-refractivity contribution in [2.24, 2.45) is 15.4 Å². The van der Waals surface area contributed by atoms with Gasteiger partial charge < -0.3 is 10.2 Å². The van der Waals surface area contributed by atoms with Crippen LogP contribution in [-0.2, 0) is 0 Å². The molecule has 3 rings (SSSR count). The molecule has 0 fully saturated rings. The topological polar surface area (TPSA) is 40.0 Å². The molecule has 0 bridgehead atoms. The zero-order valence-corrected chi connectivity index (χ0v) is 14.2. The van der Waals surface area contributed by atoms with Crippen LogP contribution in [-0.4, -0.2) is 46.2 Å². The summed E-state index contributed by atoms with van der Waals surface area (Å²) < 4.78 is 0. The minimum Gasteiger partial charge on any atom is -0.358 e. The van der Waals surface area contributed by atoms with E-state index in [0.717, 1.165) is 30.6 Å². The van der Waals surface area contributed by atoms with Gasteiger partial charge >= 0.3 is 0 Å². The largest absolute Gasteiger partial charge is 0.358 e. The van der Waals surface area contributed by atoms with E-state index in [1.807, 2.05) is 0 Å². The van der Waals surface area contributed by atoms with Crippen LogP contribution in [0.4, 0.5) is 0 Å². The lowest BCUT2D eigenvalue weighted by Crippen LogP contribution is -2.41. The maximum absolute atomic E-state index is 4.70. The molecule has 110 valence electrons. The van der Waals surface area contributed by atoms with Crippen molar-refractivity contribution >= 4 is 33.9 Å². The summed E-state index contributed by atoms with van der Waals surface area (Å²) in [6.07, 6.45) is 0. The summed E-state index contributed by atoms with van der Waals surface area (Å²) in [6.45, 7) is 11.8. The van der Waals surface area contributed by atoms with Gasteiger partial charge in [0, 0.05) is 30.0 Å². The molecule has 0 saturated heterocycles. The Kier molecular flexibility index (Phi) is 3.57. The van der Waals surface area contributed by atoms with E-state index in [1.54, 1.807) is 23.5 Å². The van der Waals surface area contributed by atoms with Crippen molar-refractivity contribution in [2.75, 3.05) is 25.4 Å². The zero-order valence-electron chi connectivity index (χ0n) is 12.6. The monoisotopic (exact) mass is 310 g/mol. The van der Waals surface area contributed by atoms with E-state index < -0.39 is 0 Å². The van der Waals surface area contributed by atoms with Crippen molar-refractivity contribution in [3.05, 3.63) is 11.1 Å². The quantitative estimate of drug-likeness (QED) is 0.851. The molecular weight excluding hydrogens is 288 g/mol. The van der Waals surface area contributed by atoms with Crippen molar-refractivity contribution in [2.45, 2.75) is 33.2 Å². The summed E-state index contributed by atoms with van der Waals surface area (Å²) >= 11 is 3.56. The van der Waals surface area contributed by atoms with Gasteiger partial charge in [0.05, 0.1) is 12.1 Å². The Morgan fingerprint density at radius 3 is 2.80 bits per heavy atom. The van der Waals surface area contributed by atoms with E-state index in [-0.39, 0.29) is 11.0 Å². The molecule has 0 atom stereocenters. The first kappa shape index (κ1) is 14.3. The van der Waals surface area contributed by atoms with Gasteiger partial charge in [0.1, 0.15) is 0 Å². The van der Waals surface area contributed by atoms with E-state index >= 15 is 0 Å². The molecule has 0 amide bonds. The van der Waals surface area contributed by atoms with Gasteiger partial charge in [-0.05, 0) is 19.3 Å². The summed E-state index contributed by atoms with van der Waals surface area (Å²) in [5, 5.41) is 7.96. The normalized spacial score (nSPS) is 26.6. The second-order valence-electron chi connectivity index (χ2n) is 7.00. The smallest absolute Gasteiger partial charge is 0.167 e. The Morgan fingerprint density at radius 2 is 2.10 bits per heavy atom. The first-order chi connectivity index (χ1) is 9.35. The van der Waals surface area contributed by atoms with Crippen molar-refractivity contribution in [1.29, 1.82) is 0 Å². The first-order valence-electron chi connectivity index (χ1n) is 6.98. The van der Waals surface area contributed by atoms with Crippen molar-refractivity contribution in [3.63, 3.8) is 0 Å². The summed E-state index contributed by atoms with van der Waals surface area (Å²) in [6, 6.07) is 0. The van der Waals surface area contributed by atoms with E-state index in [2.05, 4.69) is 48.3 Å². The van der Waals surface area contributed by atoms with Crippen LogP contribution in [0.1, 0.15) is 27.7 Å². The van der Waals surface area contributed by atoms with Gasteiger partial charge in [-0.3, -0.25) is 9.98 Å². The highest BCUT2D eigenvalue weighted by atomic mass is 32.2. The van der Waals surface area contributed by atoms with Gasteiger partial charge in [0.25, 0.3) is 0 Å². The van der Waals surface area contributed by atoms with Crippen molar-refractivity contribution < 1.29 is 0 Å². The minimum atomic E-state index is 0.112. The third kappa shape index (κ3) is 3.01. The van der Waals surface area contributed by atoms with E-state index in [1.165, 1.54) is 10.9 Å². The Bertz CT molecular complexity index is 505. The molecule has 0 aromatic heterocycles. The summed E-state index contributed by atoms with van der Waals surface area (Å²) in [7, 11) is 0. The van der Waals surface area contributed by atoms with Crippen LogP contribution in [0.5, 0.6) is 0 Å². The molecule has 3 heterocycles. The molecule has 0 aromatic rings. The fraction of sp³-hybridized carbons (Fsp3) is 0.714. The van der Waals surface area contributed by atoms with E-state index in [4.69, 9.17) is 4.99 Å². The van der Waals surface area contributed by atoms with Crippen LogP contribution in [0.2, 0.25) is 0 Å². The molecule has 20 heavy (non-hydrogen) atoms. The molecule has 6 heteroatoms. The fourth-order valence-electron chi connectivity index (χ4n) is 2.40. The van der Waals surface area contributed by atoms with Gasteiger partial charge in [-0.15, -0.1) is 0 Å². The maximum atomic E-state index is 4.70. The van der Waals surface area contributed by atoms with Crippen LogP contribution >= 0.6 is 23.5 Å². The summed E-state index contributed by atoms with van der Waals surface area (Å²) in [5.41, 5.74) is 1.74. The molecule has 0 radical (unpaired) electrons. The Labute approximate surface area is 129 Å². The summed E-state index contributed by atoms with van der Waals surface area (Å²) in [5.74, 6) is 0.962. The molecule has 0 aromatic carbocycles. The number of amidine groups is 2. The Morgan fingerprint density at radius 1 is 1.30 bits per heavy atom. The SMILES string of the molecule is CC1(C)CN=C2SC=C(CSC3=NCC(C)(C)N3)N2C1. The van der Waals surface area contributed by atoms with Crippen LogP contribution in [0.15, 0.2) is 21.1 Å². The van der Waals surface area contributed by atoms with Crippen LogP contribution in [0, 0.1) is 5.41 Å². The average Bonchev–Trinajstić information content (AvgIpc) is 2.88. The lowest BCUT2D eigenvalue weighted by atomic mass is 9.92. The van der Waals surface area contributed by atoms with Gasteiger partial charge in [-0.25, -0.2) is 0 Å². The number of fused-ring (bicyclic) bond motifs is 1. The lowest BCUT2D eigenvalue weighted by Gasteiger charge is -2.35. The number of nitrogens with zero attached hydrogens (tertiary/aromatic N) is 3. The fourth-order valence-corrected chi connectivity index (χ4v) is 4.43. The number of nitrogens with one attached hydrogen (secondary N) is 1. The van der Waals surface area contributed by atoms with Crippen molar-refractivity contribution in [1.82, 2.24) is 10.2 Å². The lowest BCUT2D eigenvalue weighted by molar-refractivity contribution is 0.278. The molecule has 0 saturated carbocycles. The van der Waals surface area contributed by atoms with Gasteiger partial charge in [-0.1, -0.05) is 37.4 Å². The molecule has 1 N–H and O–H groups in total. The number of thioether (sulfide) groups is 2. The van der Waals surface area contributed by atoms with Gasteiger partial charge in [-0.2, -0.15) is 0 Å². The Hall–Kier alpha value is -0.620. The molecule has 3 aliphatic heterocycles. The van der Waals surface area contributed by atoms with Gasteiger partial charge in [0.2, 0.25) is 0 Å². The average molecular weight is 310 g/mol. The standard InChI is InChI=1S/C14H22N4S2/c1-13(2)7-16-12-18(9-13)10(6-20-12)5-19-11-15-8-14(3,4)17-11/h6H,5,7-9H2,1-4H3,(H,15,17). The third-order valence-electron chi connectivity index (χ3n) is 3.53. The first-order valence-corrected chi connectivity index (χ1v) is 8.84. The van der Waals surface area contributed by atoms with Crippen molar-refractivity contribution in [3.8, 4) is 0 Å². The highest BCUT2D eigenvalue weighted by molar-refractivity contribution is 8.17. The number of rotatable bonds is 2. The predicted octanol–water partition coefficient (Wildman–Crippen LogP) is 2.74. The highest BCUT2D eigenvalue weighted by Gasteiger charge is 2.34. The van der Waals surface area contributed by atoms with E-state index in [9.17, 15) is 0 Å². The molecular formula is C14H22N4S2. The molecule has 4 nitrogen and oxygen atoms in total. The summed E-state index contributed by atoms with van der Waals surface area (Å²) in [4.78, 5) is 11.6. The Balaban J connectivity index is 1.60. The maximum Gasteiger partial charge on any atom is 0.167 e. The second kappa shape index (κ2) is 4.98. The van der Waals surface area contributed by atoms with Crippen LogP contribution in [0.3, 0.4) is 0 Å². The van der Waals surface area contributed by atoms with Crippen LogP contribution < -0.4 is 5.32 Å². The van der Waals surface area contributed by atoms with E-state index in [0.29, 0.717) is 0 Å². The molecule has 0 aliphatic carbocycles. The predicted molar refractivity (Wildman–Crippen MR) is 90.4 cm³/mol. The van der Waals surface area contributed by atoms with Gasteiger partial charge in [0.15, 0.2) is 10.3 Å². The molecule has 0 spiro atoms. The highest BCUT2D eigenvalue weighted by Crippen LogP contribution is 2.35. The minimum absolute atomic E-state index is 0.112. The van der Waals surface area contributed by atoms with Crippen LogP contribution in [0.25, 0.3) is 0 Å². The zero-order chi connectivity index (χ0) is 14.4. The third-order valence-corrected chi connectivity index (χ3v) is 5.42. The number of hydrogen-bond donors (Lipinski definition) is 1. The molecule has 3 aliphatic rings. The molecule has 0 unspecified atom stereocenters. The number of aliphatic imine (C=N–C) groups is 2.